The molecule has 1 N–H and O–H groups in total. The molecule has 178 valence electrons. The maximum Gasteiger partial charge on any atom is 0.254 e. The van der Waals surface area contributed by atoms with E-state index in [1.807, 2.05) is 60.7 Å². The van der Waals surface area contributed by atoms with Crippen LogP contribution in [0.5, 0.6) is 0 Å². The largest absolute Gasteiger partial charge is 0.379 e. The number of amides is 1. The quantitative estimate of drug-likeness (QED) is 0.530. The molecule has 0 unspecified atom stereocenters. The van der Waals surface area contributed by atoms with Crippen molar-refractivity contribution < 1.29 is 22.3 Å². The third kappa shape index (κ3) is 5.52. The van der Waals surface area contributed by atoms with E-state index < -0.39 is 21.7 Å². The number of carbonyl (C=O) groups is 1. The summed E-state index contributed by atoms with van der Waals surface area (Å²) in [6.07, 6.45) is 0.604. The number of hydrogen-bond acceptors (Lipinski definition) is 4. The van der Waals surface area contributed by atoms with Gasteiger partial charge >= 0.3 is 0 Å². The third-order valence-corrected chi connectivity index (χ3v) is 7.81. The van der Waals surface area contributed by atoms with Gasteiger partial charge in [0.15, 0.2) is 0 Å². The minimum atomic E-state index is -3.83. The Morgan fingerprint density at radius 1 is 0.941 bits per heavy atom. The number of benzene rings is 3. The summed E-state index contributed by atoms with van der Waals surface area (Å²) in [4.78, 5) is 12.7. The van der Waals surface area contributed by atoms with Gasteiger partial charge in [-0.3, -0.25) is 4.79 Å². The lowest BCUT2D eigenvalue weighted by molar-refractivity contribution is 0.0730. The van der Waals surface area contributed by atoms with Gasteiger partial charge < -0.3 is 10.1 Å². The zero-order valence-electron chi connectivity index (χ0n) is 18.7. The second kappa shape index (κ2) is 10.9. The van der Waals surface area contributed by atoms with Gasteiger partial charge in [0.25, 0.3) is 5.91 Å². The van der Waals surface area contributed by atoms with Crippen LogP contribution in [0, 0.1) is 5.82 Å². The Hall–Kier alpha value is -3.07. The molecule has 8 heteroatoms. The van der Waals surface area contributed by atoms with Crippen molar-refractivity contribution in [3.8, 4) is 0 Å². The van der Waals surface area contributed by atoms with E-state index in [0.717, 1.165) is 23.3 Å². The first-order valence-electron chi connectivity index (χ1n) is 11.2. The SMILES string of the molecule is O=C(NCCC(c1ccccc1)c1ccccc1)c1cc(S(=O)(=O)N2CCOCC2)ccc1F. The van der Waals surface area contributed by atoms with Crippen LogP contribution in [-0.2, 0) is 14.8 Å². The van der Waals surface area contributed by atoms with Crippen LogP contribution in [0.4, 0.5) is 4.39 Å². The lowest BCUT2D eigenvalue weighted by Gasteiger charge is -2.26. The monoisotopic (exact) mass is 482 g/mol. The number of nitrogens with zero attached hydrogens (tertiary/aromatic N) is 1. The fraction of sp³-hybridized carbons (Fsp3) is 0.269. The van der Waals surface area contributed by atoms with Crippen LogP contribution in [-0.4, -0.2) is 51.5 Å². The van der Waals surface area contributed by atoms with Gasteiger partial charge in [-0.1, -0.05) is 60.7 Å². The second-order valence-electron chi connectivity index (χ2n) is 8.08. The average molecular weight is 483 g/mol. The molecule has 1 aliphatic heterocycles. The van der Waals surface area contributed by atoms with E-state index in [0.29, 0.717) is 26.2 Å². The van der Waals surface area contributed by atoms with E-state index in [-0.39, 0.29) is 29.5 Å². The Morgan fingerprint density at radius 3 is 2.12 bits per heavy atom. The maximum atomic E-state index is 14.5. The zero-order valence-corrected chi connectivity index (χ0v) is 19.5. The molecule has 0 atom stereocenters. The predicted octanol–water partition coefficient (Wildman–Crippen LogP) is 3.80. The van der Waals surface area contributed by atoms with Crippen molar-refractivity contribution in [2.45, 2.75) is 17.2 Å². The Labute approximate surface area is 199 Å². The summed E-state index contributed by atoms with van der Waals surface area (Å²) < 4.78 is 46.8. The highest BCUT2D eigenvalue weighted by atomic mass is 32.2. The molecule has 4 rings (SSSR count). The Balaban J connectivity index is 1.47. The first kappa shape index (κ1) is 24.1. The zero-order chi connectivity index (χ0) is 24.0. The minimum absolute atomic E-state index is 0.0561. The highest BCUT2D eigenvalue weighted by Crippen LogP contribution is 2.27. The first-order valence-corrected chi connectivity index (χ1v) is 12.7. The van der Waals surface area contributed by atoms with Crippen LogP contribution in [0.25, 0.3) is 0 Å². The molecular weight excluding hydrogens is 455 g/mol. The summed E-state index contributed by atoms with van der Waals surface area (Å²) in [7, 11) is -3.83. The molecule has 0 aliphatic carbocycles. The smallest absolute Gasteiger partial charge is 0.254 e. The van der Waals surface area contributed by atoms with Crippen LogP contribution in [0.3, 0.4) is 0 Å². The van der Waals surface area contributed by atoms with Crippen molar-refractivity contribution in [1.29, 1.82) is 0 Å². The molecule has 3 aromatic rings. The summed E-state index contributed by atoms with van der Waals surface area (Å²) in [5, 5.41) is 2.76. The van der Waals surface area contributed by atoms with E-state index in [2.05, 4.69) is 5.32 Å². The lowest BCUT2D eigenvalue weighted by atomic mass is 9.88. The van der Waals surface area contributed by atoms with Crippen LogP contribution in [0.2, 0.25) is 0 Å². The molecule has 0 spiro atoms. The predicted molar refractivity (Wildman–Crippen MR) is 128 cm³/mol. The number of sulfonamides is 1. The van der Waals surface area contributed by atoms with Gasteiger partial charge in [-0.2, -0.15) is 4.31 Å². The van der Waals surface area contributed by atoms with Crippen molar-refractivity contribution in [3.05, 3.63) is 101 Å². The van der Waals surface area contributed by atoms with Crippen molar-refractivity contribution in [3.63, 3.8) is 0 Å². The summed E-state index contributed by atoms with van der Waals surface area (Å²) in [6.45, 7) is 1.35. The molecule has 34 heavy (non-hydrogen) atoms. The molecule has 0 saturated carbocycles. The molecule has 1 fully saturated rings. The van der Waals surface area contributed by atoms with Gasteiger partial charge in [-0.05, 0) is 35.7 Å². The summed E-state index contributed by atoms with van der Waals surface area (Å²) in [5.41, 5.74) is 1.95. The van der Waals surface area contributed by atoms with Gasteiger partial charge in [0.05, 0.1) is 23.7 Å². The molecule has 0 radical (unpaired) electrons. The summed E-state index contributed by atoms with van der Waals surface area (Å²) in [5.74, 6) is -1.35. The molecule has 3 aromatic carbocycles. The number of morpholine rings is 1. The van der Waals surface area contributed by atoms with Gasteiger partial charge in [0, 0.05) is 25.6 Å². The fourth-order valence-corrected chi connectivity index (χ4v) is 5.53. The molecule has 0 bridgehead atoms. The molecule has 0 aromatic heterocycles. The first-order chi connectivity index (χ1) is 16.5. The van der Waals surface area contributed by atoms with Crippen molar-refractivity contribution in [2.75, 3.05) is 32.8 Å². The lowest BCUT2D eigenvalue weighted by Crippen LogP contribution is -2.40. The van der Waals surface area contributed by atoms with E-state index >= 15 is 0 Å². The number of nitrogens with one attached hydrogen (secondary N) is 1. The molecule has 1 aliphatic rings. The minimum Gasteiger partial charge on any atom is -0.379 e. The fourth-order valence-electron chi connectivity index (χ4n) is 4.10. The second-order valence-corrected chi connectivity index (χ2v) is 10.0. The van der Waals surface area contributed by atoms with Crippen molar-refractivity contribution >= 4 is 15.9 Å². The number of halogens is 1. The van der Waals surface area contributed by atoms with Gasteiger partial charge in [0.2, 0.25) is 10.0 Å². The molecular formula is C26H27FN2O4S. The highest BCUT2D eigenvalue weighted by molar-refractivity contribution is 7.89. The standard InChI is InChI=1S/C26H27FN2O4S/c27-25-12-11-22(34(31,32)29-15-17-33-18-16-29)19-24(25)26(30)28-14-13-23(20-7-3-1-4-8-20)21-9-5-2-6-10-21/h1-12,19,23H,13-18H2,(H,28,30). The van der Waals surface area contributed by atoms with Crippen LogP contribution in [0.15, 0.2) is 83.8 Å². The molecule has 1 heterocycles. The summed E-state index contributed by atoms with van der Waals surface area (Å²) in [6, 6.07) is 23.3. The van der Waals surface area contributed by atoms with E-state index in [4.69, 9.17) is 4.74 Å². The highest BCUT2D eigenvalue weighted by Gasteiger charge is 2.28. The maximum absolute atomic E-state index is 14.5. The van der Waals surface area contributed by atoms with Crippen LogP contribution < -0.4 is 5.32 Å². The van der Waals surface area contributed by atoms with E-state index in [9.17, 15) is 17.6 Å². The van der Waals surface area contributed by atoms with E-state index in [1.165, 1.54) is 10.4 Å². The number of hydrogen-bond donors (Lipinski definition) is 1. The Bertz CT molecular complexity index is 1170. The molecule has 1 amide bonds. The van der Waals surface area contributed by atoms with Gasteiger partial charge in [0.1, 0.15) is 5.82 Å². The molecule has 1 saturated heterocycles. The molecule has 6 nitrogen and oxygen atoms in total. The van der Waals surface area contributed by atoms with Crippen LogP contribution in [0.1, 0.15) is 33.8 Å². The van der Waals surface area contributed by atoms with Crippen molar-refractivity contribution in [2.24, 2.45) is 0 Å². The Morgan fingerprint density at radius 2 is 1.53 bits per heavy atom. The number of ether oxygens (including phenoxy) is 1. The van der Waals surface area contributed by atoms with Crippen LogP contribution >= 0.6 is 0 Å². The topological polar surface area (TPSA) is 75.7 Å². The third-order valence-electron chi connectivity index (χ3n) is 5.91. The normalized spacial score (nSPS) is 14.8. The van der Waals surface area contributed by atoms with Crippen molar-refractivity contribution in [1.82, 2.24) is 9.62 Å². The van der Waals surface area contributed by atoms with E-state index in [1.54, 1.807) is 0 Å². The summed E-state index contributed by atoms with van der Waals surface area (Å²) >= 11 is 0. The number of carbonyl (C=O) groups excluding carboxylic acids is 1. The van der Waals surface area contributed by atoms with Gasteiger partial charge in [-0.15, -0.1) is 0 Å². The average Bonchev–Trinajstić information content (AvgIpc) is 2.88. The Kier molecular flexibility index (Phi) is 7.72. The van der Waals surface area contributed by atoms with Gasteiger partial charge in [-0.25, -0.2) is 12.8 Å². The number of rotatable bonds is 8.